The van der Waals surface area contributed by atoms with E-state index >= 15 is 0 Å². The van der Waals surface area contributed by atoms with Crippen LogP contribution in [-0.2, 0) is 35.2 Å². The number of carbonyl (C=O) groups is 6. The predicted molar refractivity (Wildman–Crippen MR) is 113 cm³/mol. The Bertz CT molecular complexity index is 902. The highest BCUT2D eigenvalue weighted by atomic mass is 16.4. The molecule has 34 heavy (non-hydrogen) atoms. The van der Waals surface area contributed by atoms with Crippen LogP contribution in [0.25, 0.3) is 0 Å². The van der Waals surface area contributed by atoms with Gasteiger partial charge in [0.05, 0.1) is 25.2 Å². The monoisotopic (exact) mass is 484 g/mol. The van der Waals surface area contributed by atoms with Gasteiger partial charge in [-0.05, 0) is 5.92 Å². The zero-order valence-corrected chi connectivity index (χ0v) is 18.5. The Kier molecular flexibility index (Phi) is 10.6. The van der Waals surface area contributed by atoms with E-state index in [9.17, 15) is 28.8 Å². The molecule has 0 aliphatic heterocycles. The number of aromatic amines is 1. The summed E-state index contributed by atoms with van der Waals surface area (Å²) in [4.78, 5) is 77.6. The van der Waals surface area contributed by atoms with Crippen molar-refractivity contribution in [1.29, 1.82) is 0 Å². The van der Waals surface area contributed by atoms with Crippen molar-refractivity contribution in [1.82, 2.24) is 25.9 Å². The number of nitrogens with one attached hydrogen (secondary N) is 4. The molecule has 1 heterocycles. The second-order valence-electron chi connectivity index (χ2n) is 7.77. The topological polar surface area (TPSA) is 254 Å². The van der Waals surface area contributed by atoms with Gasteiger partial charge < -0.3 is 42.0 Å². The van der Waals surface area contributed by atoms with Gasteiger partial charge in [-0.3, -0.25) is 24.0 Å². The van der Waals surface area contributed by atoms with E-state index in [0.29, 0.717) is 5.69 Å². The fourth-order valence-electron chi connectivity index (χ4n) is 2.70. The highest BCUT2D eigenvalue weighted by molar-refractivity contribution is 5.96. The molecule has 15 nitrogen and oxygen atoms in total. The van der Waals surface area contributed by atoms with E-state index < -0.39 is 72.6 Å². The number of nitrogens with two attached hydrogens (primary N) is 1. The van der Waals surface area contributed by atoms with Gasteiger partial charge in [-0.15, -0.1) is 0 Å². The first-order valence-corrected chi connectivity index (χ1v) is 10.1. The normalized spacial score (nSPS) is 14.4. The number of amides is 3. The van der Waals surface area contributed by atoms with Crippen molar-refractivity contribution in [3.63, 3.8) is 0 Å². The zero-order chi connectivity index (χ0) is 26.0. The van der Waals surface area contributed by atoms with E-state index in [1.807, 2.05) is 5.32 Å². The van der Waals surface area contributed by atoms with Crippen molar-refractivity contribution < 1.29 is 44.1 Å². The standard InChI is InChI=1S/C19H28N6O9/c1-8(2)15(20)18(32)24-10(3-9-6-21-7-22-9)16(30)23-11(4-13(26)27)17(31)25-12(19(33)34)5-14(28)29/h6-8,10-12,15H,3-5,20H2,1-2H3,(H,21,22)(H,23,30)(H,24,32)(H,25,31)(H,26,27)(H,28,29)(H,33,34). The maximum Gasteiger partial charge on any atom is 0.326 e. The number of hydrogen-bond acceptors (Lipinski definition) is 8. The first-order valence-electron chi connectivity index (χ1n) is 10.1. The highest BCUT2D eigenvalue weighted by Gasteiger charge is 2.32. The SMILES string of the molecule is CC(C)C(N)C(=O)NC(Cc1cnc[nH]1)C(=O)NC(CC(=O)O)C(=O)NC(CC(=O)O)C(=O)O. The van der Waals surface area contributed by atoms with E-state index in [-0.39, 0.29) is 12.3 Å². The van der Waals surface area contributed by atoms with Crippen LogP contribution in [-0.4, -0.2) is 85.1 Å². The second kappa shape index (κ2) is 12.9. The van der Waals surface area contributed by atoms with Gasteiger partial charge in [-0.25, -0.2) is 9.78 Å². The number of carboxylic acids is 3. The Labute approximate surface area is 193 Å². The van der Waals surface area contributed by atoms with E-state index in [1.165, 1.54) is 12.5 Å². The van der Waals surface area contributed by atoms with Crippen molar-refractivity contribution in [2.45, 2.75) is 57.3 Å². The average molecular weight is 484 g/mol. The van der Waals surface area contributed by atoms with Gasteiger partial charge in [-0.2, -0.15) is 0 Å². The summed E-state index contributed by atoms with van der Waals surface area (Å²) >= 11 is 0. The van der Waals surface area contributed by atoms with E-state index in [2.05, 4.69) is 20.6 Å². The summed E-state index contributed by atoms with van der Waals surface area (Å²) in [5.41, 5.74) is 6.25. The van der Waals surface area contributed by atoms with Crippen LogP contribution < -0.4 is 21.7 Å². The Morgan fingerprint density at radius 1 is 0.882 bits per heavy atom. The highest BCUT2D eigenvalue weighted by Crippen LogP contribution is 2.05. The van der Waals surface area contributed by atoms with Gasteiger partial charge >= 0.3 is 17.9 Å². The van der Waals surface area contributed by atoms with Gasteiger partial charge in [0.25, 0.3) is 0 Å². The Morgan fingerprint density at radius 2 is 1.38 bits per heavy atom. The van der Waals surface area contributed by atoms with Crippen molar-refractivity contribution in [2.75, 3.05) is 0 Å². The molecular formula is C19H28N6O9. The van der Waals surface area contributed by atoms with E-state index in [0.717, 1.165) is 0 Å². The lowest BCUT2D eigenvalue weighted by Crippen LogP contribution is -2.58. The fraction of sp³-hybridized carbons (Fsp3) is 0.526. The number of nitrogens with zero attached hydrogens (tertiary/aromatic N) is 1. The molecule has 0 aliphatic carbocycles. The van der Waals surface area contributed by atoms with Crippen LogP contribution in [0.1, 0.15) is 32.4 Å². The number of aliphatic carboxylic acids is 3. The molecule has 9 N–H and O–H groups in total. The van der Waals surface area contributed by atoms with Crippen LogP contribution in [0.5, 0.6) is 0 Å². The smallest absolute Gasteiger partial charge is 0.326 e. The molecule has 0 saturated carbocycles. The molecule has 0 spiro atoms. The second-order valence-corrected chi connectivity index (χ2v) is 7.77. The summed E-state index contributed by atoms with van der Waals surface area (Å²) in [5.74, 6) is -7.79. The number of rotatable bonds is 14. The first-order chi connectivity index (χ1) is 15.8. The lowest BCUT2D eigenvalue weighted by Gasteiger charge is -2.25. The summed E-state index contributed by atoms with van der Waals surface area (Å²) in [6, 6.07) is -5.87. The molecule has 0 saturated heterocycles. The van der Waals surface area contributed by atoms with Crippen LogP contribution in [0.4, 0.5) is 0 Å². The van der Waals surface area contributed by atoms with Gasteiger partial charge in [-0.1, -0.05) is 13.8 Å². The lowest BCUT2D eigenvalue weighted by molar-refractivity contribution is -0.148. The molecule has 4 atom stereocenters. The van der Waals surface area contributed by atoms with Gasteiger partial charge in [0, 0.05) is 18.3 Å². The van der Waals surface area contributed by atoms with Crippen LogP contribution in [0.3, 0.4) is 0 Å². The quantitative estimate of drug-likeness (QED) is 0.136. The summed E-state index contributed by atoms with van der Waals surface area (Å²) in [6.45, 7) is 3.38. The van der Waals surface area contributed by atoms with Crippen LogP contribution in [0.15, 0.2) is 12.5 Å². The number of carbonyl (C=O) groups excluding carboxylic acids is 3. The number of aromatic nitrogens is 2. The molecule has 4 unspecified atom stereocenters. The summed E-state index contributed by atoms with van der Waals surface area (Å²) < 4.78 is 0. The third-order valence-electron chi connectivity index (χ3n) is 4.64. The summed E-state index contributed by atoms with van der Waals surface area (Å²) in [7, 11) is 0. The van der Waals surface area contributed by atoms with Crippen molar-refractivity contribution in [3.05, 3.63) is 18.2 Å². The predicted octanol–water partition coefficient (Wildman–Crippen LogP) is -2.58. The van der Waals surface area contributed by atoms with Crippen molar-refractivity contribution in [2.24, 2.45) is 11.7 Å². The summed E-state index contributed by atoms with van der Waals surface area (Å²) in [6.07, 6.45) is 0.703. The van der Waals surface area contributed by atoms with Gasteiger partial charge in [0.15, 0.2) is 0 Å². The Morgan fingerprint density at radius 3 is 1.85 bits per heavy atom. The van der Waals surface area contributed by atoms with Crippen molar-refractivity contribution >= 4 is 35.6 Å². The molecule has 0 radical (unpaired) electrons. The Balaban J connectivity index is 3.08. The number of H-pyrrole nitrogens is 1. The molecule has 1 aromatic rings. The molecule has 1 aromatic heterocycles. The number of carboxylic acid groups (broad SMARTS) is 3. The number of imidazole rings is 1. The third kappa shape index (κ3) is 9.23. The minimum atomic E-state index is -1.86. The van der Waals surface area contributed by atoms with Crippen LogP contribution in [0.2, 0.25) is 0 Å². The number of hydrogen-bond donors (Lipinski definition) is 8. The maximum atomic E-state index is 12.9. The average Bonchev–Trinajstić information content (AvgIpc) is 3.23. The minimum absolute atomic E-state index is 0.111. The molecular weight excluding hydrogens is 456 g/mol. The molecule has 0 aromatic carbocycles. The minimum Gasteiger partial charge on any atom is -0.481 e. The Hall–Kier alpha value is -4.01. The lowest BCUT2D eigenvalue weighted by atomic mass is 10.0. The van der Waals surface area contributed by atoms with Crippen LogP contribution in [0, 0.1) is 5.92 Å². The molecule has 15 heteroatoms. The first kappa shape index (κ1) is 28.0. The van der Waals surface area contributed by atoms with Crippen molar-refractivity contribution in [3.8, 4) is 0 Å². The molecule has 1 rings (SSSR count). The van der Waals surface area contributed by atoms with E-state index in [4.69, 9.17) is 21.1 Å². The van der Waals surface area contributed by atoms with Gasteiger partial charge in [0.2, 0.25) is 17.7 Å². The molecule has 0 bridgehead atoms. The molecule has 0 aliphatic rings. The molecule has 188 valence electrons. The van der Waals surface area contributed by atoms with E-state index in [1.54, 1.807) is 13.8 Å². The molecule has 0 fully saturated rings. The summed E-state index contributed by atoms with van der Waals surface area (Å²) in [5, 5.41) is 33.5. The fourth-order valence-corrected chi connectivity index (χ4v) is 2.70. The maximum absolute atomic E-state index is 12.9. The van der Waals surface area contributed by atoms with Crippen LogP contribution >= 0.6 is 0 Å². The largest absolute Gasteiger partial charge is 0.481 e. The van der Waals surface area contributed by atoms with Gasteiger partial charge in [0.1, 0.15) is 18.1 Å². The third-order valence-corrected chi connectivity index (χ3v) is 4.64. The molecule has 3 amide bonds. The zero-order valence-electron chi connectivity index (χ0n) is 18.5.